The van der Waals surface area contributed by atoms with E-state index in [2.05, 4.69) is 20.0 Å². The molecule has 0 amide bonds. The standard InChI is InChI=1S/C17H18N4O2/c1-2-6-14-13(5-1)18-16(22-14)12-4-3-9-21(10-12)17-19-15(20-23-17)11-7-8-11/h1-2,5-6,11-12H,3-4,7-10H2. The summed E-state index contributed by atoms with van der Waals surface area (Å²) in [6.07, 6.45) is 4.52. The molecule has 118 valence electrons. The smallest absolute Gasteiger partial charge is 0.324 e. The minimum atomic E-state index is 0.271. The molecule has 2 aromatic heterocycles. The number of anilines is 1. The molecule has 23 heavy (non-hydrogen) atoms. The summed E-state index contributed by atoms with van der Waals surface area (Å²) in [5.41, 5.74) is 1.78. The number of hydrogen-bond acceptors (Lipinski definition) is 6. The fourth-order valence-corrected chi connectivity index (χ4v) is 3.28. The van der Waals surface area contributed by atoms with Gasteiger partial charge in [-0.2, -0.15) is 4.98 Å². The molecule has 0 spiro atoms. The Kier molecular flexibility index (Phi) is 2.89. The number of para-hydroxylation sites is 2. The van der Waals surface area contributed by atoms with Crippen molar-refractivity contribution < 1.29 is 8.94 Å². The van der Waals surface area contributed by atoms with Crippen molar-refractivity contribution in [3.05, 3.63) is 36.0 Å². The maximum absolute atomic E-state index is 5.94. The van der Waals surface area contributed by atoms with Crippen molar-refractivity contribution in [2.75, 3.05) is 18.0 Å². The van der Waals surface area contributed by atoms with Gasteiger partial charge in [-0.05, 0) is 37.8 Å². The number of aromatic nitrogens is 3. The summed E-state index contributed by atoms with van der Waals surface area (Å²) in [6, 6.07) is 8.56. The lowest BCUT2D eigenvalue weighted by Gasteiger charge is -2.29. The van der Waals surface area contributed by atoms with E-state index in [0.29, 0.717) is 11.9 Å². The molecule has 5 rings (SSSR count). The van der Waals surface area contributed by atoms with Crippen LogP contribution in [0.25, 0.3) is 11.1 Å². The Hall–Kier alpha value is -2.37. The first-order valence-corrected chi connectivity index (χ1v) is 8.31. The van der Waals surface area contributed by atoms with E-state index in [1.165, 1.54) is 12.8 Å². The first kappa shape index (κ1) is 13.1. The first-order chi connectivity index (χ1) is 11.4. The van der Waals surface area contributed by atoms with E-state index in [9.17, 15) is 0 Å². The summed E-state index contributed by atoms with van der Waals surface area (Å²) < 4.78 is 11.4. The predicted molar refractivity (Wildman–Crippen MR) is 84.5 cm³/mol. The summed E-state index contributed by atoms with van der Waals surface area (Å²) in [4.78, 5) is 11.4. The quantitative estimate of drug-likeness (QED) is 0.738. The fraction of sp³-hybridized carbons (Fsp3) is 0.471. The van der Waals surface area contributed by atoms with Gasteiger partial charge in [-0.25, -0.2) is 4.98 Å². The SMILES string of the molecule is c1ccc2oc(C3CCCN(c4nc(C5CC5)no4)C3)nc2c1. The number of benzene rings is 1. The van der Waals surface area contributed by atoms with Crippen LogP contribution in [-0.2, 0) is 0 Å². The van der Waals surface area contributed by atoms with E-state index in [1.807, 2.05) is 24.3 Å². The van der Waals surface area contributed by atoms with E-state index in [0.717, 1.165) is 48.7 Å². The van der Waals surface area contributed by atoms with Gasteiger partial charge in [-0.1, -0.05) is 17.3 Å². The van der Waals surface area contributed by atoms with Crippen molar-refractivity contribution in [2.45, 2.75) is 37.5 Å². The molecule has 0 radical (unpaired) electrons. The Morgan fingerprint density at radius 1 is 1.04 bits per heavy atom. The molecule has 1 saturated heterocycles. The highest BCUT2D eigenvalue weighted by Crippen LogP contribution is 2.39. The molecule has 6 nitrogen and oxygen atoms in total. The topological polar surface area (TPSA) is 68.2 Å². The van der Waals surface area contributed by atoms with E-state index in [1.54, 1.807) is 0 Å². The number of fused-ring (bicyclic) bond motifs is 1. The second-order valence-corrected chi connectivity index (χ2v) is 6.51. The first-order valence-electron chi connectivity index (χ1n) is 8.31. The van der Waals surface area contributed by atoms with Crippen LogP contribution in [0.1, 0.15) is 49.2 Å². The lowest BCUT2D eigenvalue weighted by Crippen LogP contribution is -2.34. The third-order valence-electron chi connectivity index (χ3n) is 4.73. The van der Waals surface area contributed by atoms with Gasteiger partial charge in [0.05, 0.1) is 5.92 Å². The zero-order valence-electron chi connectivity index (χ0n) is 12.8. The lowest BCUT2D eigenvalue weighted by molar-refractivity contribution is 0.369. The van der Waals surface area contributed by atoms with Gasteiger partial charge in [0, 0.05) is 19.0 Å². The minimum Gasteiger partial charge on any atom is -0.440 e. The maximum Gasteiger partial charge on any atom is 0.324 e. The van der Waals surface area contributed by atoms with Gasteiger partial charge in [0.2, 0.25) is 0 Å². The van der Waals surface area contributed by atoms with Crippen molar-refractivity contribution in [2.24, 2.45) is 0 Å². The second-order valence-electron chi connectivity index (χ2n) is 6.51. The van der Waals surface area contributed by atoms with Crippen LogP contribution in [0.3, 0.4) is 0 Å². The summed E-state index contributed by atoms with van der Waals surface area (Å²) in [5, 5.41) is 4.12. The molecular formula is C17H18N4O2. The molecule has 0 bridgehead atoms. The maximum atomic E-state index is 5.94. The molecular weight excluding hydrogens is 292 g/mol. The summed E-state index contributed by atoms with van der Waals surface area (Å²) in [5.74, 6) is 2.47. The molecule has 3 heterocycles. The van der Waals surface area contributed by atoms with Crippen LogP contribution in [0.15, 0.2) is 33.2 Å². The van der Waals surface area contributed by atoms with Crippen molar-refractivity contribution in [1.82, 2.24) is 15.1 Å². The molecule has 3 aromatic rings. The Morgan fingerprint density at radius 3 is 2.83 bits per heavy atom. The Labute approximate surface area is 133 Å². The Morgan fingerprint density at radius 2 is 1.96 bits per heavy atom. The number of piperidine rings is 1. The van der Waals surface area contributed by atoms with Crippen molar-refractivity contribution in [3.63, 3.8) is 0 Å². The fourth-order valence-electron chi connectivity index (χ4n) is 3.28. The summed E-state index contributed by atoms with van der Waals surface area (Å²) >= 11 is 0. The third kappa shape index (κ3) is 2.38. The number of rotatable bonds is 3. The Balaban J connectivity index is 1.38. The monoisotopic (exact) mass is 310 g/mol. The van der Waals surface area contributed by atoms with Gasteiger partial charge < -0.3 is 13.8 Å². The van der Waals surface area contributed by atoms with Crippen LogP contribution in [0.4, 0.5) is 6.01 Å². The molecule has 2 fully saturated rings. The molecule has 1 aliphatic heterocycles. The minimum absolute atomic E-state index is 0.271. The van der Waals surface area contributed by atoms with Crippen LogP contribution in [-0.4, -0.2) is 28.2 Å². The summed E-state index contributed by atoms with van der Waals surface area (Å²) in [7, 11) is 0. The molecule has 1 aromatic carbocycles. The molecule has 2 aliphatic rings. The average Bonchev–Trinajstić information content (AvgIpc) is 3.17. The molecule has 1 saturated carbocycles. The van der Waals surface area contributed by atoms with Crippen molar-refractivity contribution in [1.29, 1.82) is 0 Å². The highest BCUT2D eigenvalue weighted by Gasteiger charge is 2.32. The Bertz CT molecular complexity index is 803. The lowest BCUT2D eigenvalue weighted by atomic mass is 9.98. The van der Waals surface area contributed by atoms with Crippen molar-refractivity contribution >= 4 is 17.1 Å². The highest BCUT2D eigenvalue weighted by molar-refractivity contribution is 5.72. The van der Waals surface area contributed by atoms with Gasteiger partial charge in [0.25, 0.3) is 0 Å². The molecule has 0 N–H and O–H groups in total. The number of hydrogen-bond donors (Lipinski definition) is 0. The number of oxazole rings is 1. The van der Waals surface area contributed by atoms with Crippen LogP contribution in [0, 0.1) is 0 Å². The zero-order valence-corrected chi connectivity index (χ0v) is 12.8. The van der Waals surface area contributed by atoms with Gasteiger partial charge in [-0.3, -0.25) is 0 Å². The van der Waals surface area contributed by atoms with E-state index < -0.39 is 0 Å². The zero-order chi connectivity index (χ0) is 15.2. The van der Waals surface area contributed by atoms with Crippen LogP contribution in [0.2, 0.25) is 0 Å². The molecule has 1 unspecified atom stereocenters. The van der Waals surface area contributed by atoms with E-state index in [-0.39, 0.29) is 5.92 Å². The normalized spacial score (nSPS) is 21.9. The van der Waals surface area contributed by atoms with Crippen LogP contribution in [0.5, 0.6) is 0 Å². The van der Waals surface area contributed by atoms with Gasteiger partial charge >= 0.3 is 6.01 Å². The highest BCUT2D eigenvalue weighted by atomic mass is 16.5. The largest absolute Gasteiger partial charge is 0.440 e. The van der Waals surface area contributed by atoms with Gasteiger partial charge in [-0.15, -0.1) is 0 Å². The van der Waals surface area contributed by atoms with Gasteiger partial charge in [0.1, 0.15) is 5.52 Å². The molecule has 1 atom stereocenters. The van der Waals surface area contributed by atoms with Crippen molar-refractivity contribution in [3.8, 4) is 0 Å². The number of nitrogens with zero attached hydrogens (tertiary/aromatic N) is 4. The molecule has 1 aliphatic carbocycles. The van der Waals surface area contributed by atoms with Crippen LogP contribution >= 0.6 is 0 Å². The van der Waals surface area contributed by atoms with Gasteiger partial charge in [0.15, 0.2) is 17.3 Å². The summed E-state index contributed by atoms with van der Waals surface area (Å²) in [6.45, 7) is 1.77. The predicted octanol–water partition coefficient (Wildman–Crippen LogP) is 3.47. The second kappa shape index (κ2) is 5.08. The van der Waals surface area contributed by atoms with E-state index >= 15 is 0 Å². The van der Waals surface area contributed by atoms with Crippen LogP contribution < -0.4 is 4.90 Å². The molecule has 6 heteroatoms. The third-order valence-corrected chi connectivity index (χ3v) is 4.73. The van der Waals surface area contributed by atoms with E-state index in [4.69, 9.17) is 8.94 Å². The average molecular weight is 310 g/mol.